The number of fused-ring (bicyclic) bond motifs is 6. The molecule has 1 aromatic heterocycles. The molecule has 0 aliphatic heterocycles. The molecule has 0 radical (unpaired) electrons. The second-order valence-corrected chi connectivity index (χ2v) is 12.8. The van der Waals surface area contributed by atoms with Crippen molar-refractivity contribution in [3.05, 3.63) is 182 Å². The lowest BCUT2D eigenvalue weighted by Gasteiger charge is -2.18. The minimum atomic E-state index is 0.885. The van der Waals surface area contributed by atoms with Crippen molar-refractivity contribution in [2.45, 2.75) is 0 Å². The Morgan fingerprint density at radius 1 is 0.265 bits per heavy atom. The minimum absolute atomic E-state index is 0.885. The zero-order valence-corrected chi connectivity index (χ0v) is 26.7. The van der Waals surface area contributed by atoms with E-state index in [1.54, 1.807) is 0 Å². The lowest BCUT2D eigenvalue weighted by Crippen LogP contribution is -1.91. The lowest BCUT2D eigenvalue weighted by atomic mass is 9.85. The molecule has 228 valence electrons. The van der Waals surface area contributed by atoms with E-state index in [-0.39, 0.29) is 0 Å². The Balaban J connectivity index is 1.24. The topological polar surface area (TPSA) is 13.1 Å². The van der Waals surface area contributed by atoms with Gasteiger partial charge in [0.2, 0.25) is 0 Å². The molecule has 0 N–H and O–H groups in total. The third-order valence-electron chi connectivity index (χ3n) is 10.0. The van der Waals surface area contributed by atoms with Crippen molar-refractivity contribution >= 4 is 54.1 Å². The molecule has 0 fully saturated rings. The number of benzene rings is 9. The molecule has 1 nitrogen and oxygen atoms in total. The van der Waals surface area contributed by atoms with E-state index in [9.17, 15) is 0 Å². The fraction of sp³-hybridized carbons (Fsp3) is 0. The predicted molar refractivity (Wildman–Crippen MR) is 208 cm³/mol. The van der Waals surface area contributed by atoms with E-state index < -0.39 is 0 Å². The molecular formula is C48H30O. The van der Waals surface area contributed by atoms with Crippen molar-refractivity contribution in [2.75, 3.05) is 0 Å². The summed E-state index contributed by atoms with van der Waals surface area (Å²) in [4.78, 5) is 0. The molecule has 0 bridgehead atoms. The van der Waals surface area contributed by atoms with Crippen molar-refractivity contribution in [2.24, 2.45) is 0 Å². The van der Waals surface area contributed by atoms with Crippen molar-refractivity contribution in [1.82, 2.24) is 0 Å². The molecule has 10 aromatic rings. The van der Waals surface area contributed by atoms with E-state index >= 15 is 0 Å². The molecule has 10 rings (SSSR count). The molecule has 0 saturated heterocycles. The number of hydrogen-bond donors (Lipinski definition) is 0. The van der Waals surface area contributed by atoms with Crippen molar-refractivity contribution in [3.63, 3.8) is 0 Å². The normalized spacial score (nSPS) is 11.7. The Hall–Kier alpha value is -6.44. The fourth-order valence-electron chi connectivity index (χ4n) is 7.86. The van der Waals surface area contributed by atoms with E-state index in [4.69, 9.17) is 4.42 Å². The zero-order valence-electron chi connectivity index (χ0n) is 26.7. The maximum atomic E-state index is 6.64. The largest absolute Gasteiger partial charge is 0.455 e. The summed E-state index contributed by atoms with van der Waals surface area (Å²) in [6.45, 7) is 0. The molecular weight excluding hydrogens is 593 g/mol. The summed E-state index contributed by atoms with van der Waals surface area (Å²) in [5.41, 5.74) is 9.14. The van der Waals surface area contributed by atoms with Gasteiger partial charge in [-0.25, -0.2) is 0 Å². The van der Waals surface area contributed by atoms with E-state index in [1.807, 2.05) is 6.07 Å². The number of hydrogen-bond acceptors (Lipinski definition) is 1. The van der Waals surface area contributed by atoms with Gasteiger partial charge in [0.25, 0.3) is 0 Å². The predicted octanol–water partition coefficient (Wildman–Crippen LogP) is 13.7. The molecule has 9 aromatic carbocycles. The van der Waals surface area contributed by atoms with Gasteiger partial charge in [-0.05, 0) is 89.1 Å². The molecule has 49 heavy (non-hydrogen) atoms. The highest BCUT2D eigenvalue weighted by atomic mass is 16.3. The van der Waals surface area contributed by atoms with E-state index in [1.165, 1.54) is 65.3 Å². The lowest BCUT2D eigenvalue weighted by molar-refractivity contribution is 0.632. The Labute approximate surface area is 284 Å². The zero-order chi connectivity index (χ0) is 32.3. The van der Waals surface area contributed by atoms with Gasteiger partial charge in [0.15, 0.2) is 0 Å². The summed E-state index contributed by atoms with van der Waals surface area (Å²) in [5, 5.41) is 11.2. The molecule has 0 atom stereocenters. The van der Waals surface area contributed by atoms with Gasteiger partial charge in [-0.2, -0.15) is 0 Å². The Morgan fingerprint density at radius 3 is 1.41 bits per heavy atom. The van der Waals surface area contributed by atoms with Crippen LogP contribution in [0.3, 0.4) is 0 Å². The average molecular weight is 623 g/mol. The fourth-order valence-corrected chi connectivity index (χ4v) is 7.86. The van der Waals surface area contributed by atoms with Crippen LogP contribution in [0.4, 0.5) is 0 Å². The van der Waals surface area contributed by atoms with Crippen LogP contribution in [0.1, 0.15) is 0 Å². The molecule has 0 aliphatic rings. The van der Waals surface area contributed by atoms with Crippen LogP contribution >= 0.6 is 0 Å². The van der Waals surface area contributed by atoms with E-state index in [0.717, 1.165) is 33.4 Å². The van der Waals surface area contributed by atoms with Crippen LogP contribution in [-0.4, -0.2) is 0 Å². The summed E-state index contributed by atoms with van der Waals surface area (Å²) < 4.78 is 6.64. The molecule has 0 spiro atoms. The Bertz CT molecular complexity index is 2800. The highest BCUT2D eigenvalue weighted by Crippen LogP contribution is 2.47. The van der Waals surface area contributed by atoms with Crippen molar-refractivity contribution in [3.8, 4) is 44.7 Å². The van der Waals surface area contributed by atoms with Crippen LogP contribution in [0.15, 0.2) is 186 Å². The third-order valence-corrected chi connectivity index (χ3v) is 10.0. The molecule has 0 aliphatic carbocycles. The van der Waals surface area contributed by atoms with Gasteiger partial charge in [-0.3, -0.25) is 0 Å². The summed E-state index contributed by atoms with van der Waals surface area (Å²) in [7, 11) is 0. The van der Waals surface area contributed by atoms with Gasteiger partial charge in [-0.15, -0.1) is 0 Å². The summed E-state index contributed by atoms with van der Waals surface area (Å²) in [6.07, 6.45) is 0. The number of furan rings is 1. The van der Waals surface area contributed by atoms with Crippen LogP contribution in [0.25, 0.3) is 98.8 Å². The highest BCUT2D eigenvalue weighted by Gasteiger charge is 2.21. The monoisotopic (exact) mass is 622 g/mol. The van der Waals surface area contributed by atoms with Crippen LogP contribution in [0, 0.1) is 0 Å². The quantitative estimate of drug-likeness (QED) is 0.141. The maximum absolute atomic E-state index is 6.64. The van der Waals surface area contributed by atoms with Crippen LogP contribution < -0.4 is 0 Å². The van der Waals surface area contributed by atoms with Crippen LogP contribution in [0.2, 0.25) is 0 Å². The summed E-state index contributed by atoms with van der Waals surface area (Å²) >= 11 is 0. The third kappa shape index (κ3) is 4.40. The average Bonchev–Trinajstić information content (AvgIpc) is 3.56. The maximum Gasteiger partial charge on any atom is 0.143 e. The summed E-state index contributed by atoms with van der Waals surface area (Å²) in [5.74, 6) is 0.896. The minimum Gasteiger partial charge on any atom is -0.455 e. The van der Waals surface area contributed by atoms with Gasteiger partial charge in [0, 0.05) is 16.5 Å². The van der Waals surface area contributed by atoms with Gasteiger partial charge in [0.1, 0.15) is 11.3 Å². The first-order valence-electron chi connectivity index (χ1n) is 16.8. The van der Waals surface area contributed by atoms with Gasteiger partial charge in [0.05, 0.1) is 0 Å². The first-order valence-corrected chi connectivity index (χ1v) is 16.8. The van der Waals surface area contributed by atoms with Crippen molar-refractivity contribution < 1.29 is 4.42 Å². The highest BCUT2D eigenvalue weighted by molar-refractivity contribution is 6.22. The Morgan fingerprint density at radius 2 is 0.755 bits per heavy atom. The molecule has 1 heterocycles. The van der Waals surface area contributed by atoms with Crippen molar-refractivity contribution in [1.29, 1.82) is 0 Å². The van der Waals surface area contributed by atoms with Gasteiger partial charge in [-0.1, -0.05) is 164 Å². The first kappa shape index (κ1) is 27.7. The van der Waals surface area contributed by atoms with Crippen LogP contribution in [-0.2, 0) is 0 Å². The number of rotatable bonds is 4. The smallest absolute Gasteiger partial charge is 0.143 e. The molecule has 0 amide bonds. The second kappa shape index (κ2) is 11.1. The SMILES string of the molecule is c1ccc(-c2oc3ccc(-c4c5ccccc5c(-c5ccc6c(ccc7ccccc76)c5)c5ccccc45)cc3c2-c2ccccc2)cc1. The van der Waals surface area contributed by atoms with E-state index in [0.29, 0.717) is 0 Å². The standard InChI is InChI=1S/C48H30O/c1-3-14-32(15-4-1)47-43-30-36(26-28-44(43)49-48(47)33-16-5-2-6-17-33)46-41-21-11-9-19-39(41)45(40-20-10-12-22-42(40)46)35-25-27-38-34(29-35)24-23-31-13-7-8-18-37(31)38/h1-30H. The van der Waals surface area contributed by atoms with E-state index in [2.05, 4.69) is 176 Å². The summed E-state index contributed by atoms with van der Waals surface area (Å²) in [6, 6.07) is 65.6. The second-order valence-electron chi connectivity index (χ2n) is 12.8. The van der Waals surface area contributed by atoms with Gasteiger partial charge < -0.3 is 4.42 Å². The Kier molecular flexibility index (Phi) is 6.25. The first-order chi connectivity index (χ1) is 24.3. The van der Waals surface area contributed by atoms with Gasteiger partial charge >= 0.3 is 0 Å². The molecule has 0 saturated carbocycles. The molecule has 1 heteroatoms. The molecule has 0 unspecified atom stereocenters. The van der Waals surface area contributed by atoms with Crippen LogP contribution in [0.5, 0.6) is 0 Å².